The highest BCUT2D eigenvalue weighted by Gasteiger charge is 2.22. The van der Waals surface area contributed by atoms with Crippen LogP contribution in [0.25, 0.3) is 0 Å². The zero-order valence-corrected chi connectivity index (χ0v) is 13.4. The molecule has 1 saturated heterocycles. The lowest BCUT2D eigenvalue weighted by Crippen LogP contribution is -2.38. The van der Waals surface area contributed by atoms with Crippen LogP contribution in [0.5, 0.6) is 0 Å². The number of hydrogen-bond donors (Lipinski definition) is 0. The second kappa shape index (κ2) is 7.23. The standard InChI is InChI=1S/C15H24ClN3O/c1-11(2)14-10-12(3)17-15(18-14)19-7-4-13(5-8-19)20-9-6-16/h10-11,13H,4-9H2,1-3H3. The van der Waals surface area contributed by atoms with Crippen LogP contribution in [0.2, 0.25) is 0 Å². The van der Waals surface area contributed by atoms with Crippen LogP contribution >= 0.6 is 11.6 Å². The number of nitrogens with zero attached hydrogens (tertiary/aromatic N) is 3. The van der Waals surface area contributed by atoms with Crippen molar-refractivity contribution in [2.75, 3.05) is 30.5 Å². The summed E-state index contributed by atoms with van der Waals surface area (Å²) >= 11 is 5.65. The summed E-state index contributed by atoms with van der Waals surface area (Å²) in [4.78, 5) is 11.5. The average Bonchev–Trinajstić information content (AvgIpc) is 2.45. The smallest absolute Gasteiger partial charge is 0.225 e. The SMILES string of the molecule is Cc1cc(C(C)C)nc(N2CCC(OCCCl)CC2)n1. The van der Waals surface area contributed by atoms with Gasteiger partial charge in [-0.05, 0) is 31.7 Å². The second-order valence-electron chi connectivity index (χ2n) is 5.64. The fraction of sp³-hybridized carbons (Fsp3) is 0.733. The summed E-state index contributed by atoms with van der Waals surface area (Å²) < 4.78 is 5.70. The third-order valence-electron chi connectivity index (χ3n) is 3.61. The first kappa shape index (κ1) is 15.5. The molecule has 0 amide bonds. The number of anilines is 1. The molecule has 1 aromatic rings. The van der Waals surface area contributed by atoms with E-state index in [0.717, 1.165) is 43.3 Å². The number of ether oxygens (including phenoxy) is 1. The molecule has 0 N–H and O–H groups in total. The maximum atomic E-state index is 5.70. The summed E-state index contributed by atoms with van der Waals surface area (Å²) in [6.45, 7) is 8.91. The van der Waals surface area contributed by atoms with Gasteiger partial charge in [0.05, 0.1) is 12.7 Å². The molecule has 1 aliphatic rings. The van der Waals surface area contributed by atoms with E-state index in [1.807, 2.05) is 6.92 Å². The first-order valence-corrected chi connectivity index (χ1v) is 7.91. The molecule has 0 aliphatic carbocycles. The Morgan fingerprint density at radius 3 is 2.65 bits per heavy atom. The van der Waals surface area contributed by atoms with E-state index in [9.17, 15) is 0 Å². The Hall–Kier alpha value is -0.870. The molecule has 2 heterocycles. The third kappa shape index (κ3) is 4.06. The highest BCUT2D eigenvalue weighted by atomic mass is 35.5. The van der Waals surface area contributed by atoms with Crippen LogP contribution in [0.3, 0.4) is 0 Å². The Morgan fingerprint density at radius 1 is 1.35 bits per heavy atom. The van der Waals surface area contributed by atoms with Gasteiger partial charge in [-0.25, -0.2) is 9.97 Å². The van der Waals surface area contributed by atoms with E-state index < -0.39 is 0 Å². The summed E-state index contributed by atoms with van der Waals surface area (Å²) in [5.41, 5.74) is 2.16. The van der Waals surface area contributed by atoms with Crippen molar-refractivity contribution < 1.29 is 4.74 Å². The molecule has 20 heavy (non-hydrogen) atoms. The molecule has 1 aliphatic heterocycles. The van der Waals surface area contributed by atoms with Crippen LogP contribution in [0.15, 0.2) is 6.07 Å². The lowest BCUT2D eigenvalue weighted by Gasteiger charge is -2.32. The van der Waals surface area contributed by atoms with Gasteiger partial charge in [-0.15, -0.1) is 11.6 Å². The topological polar surface area (TPSA) is 38.2 Å². The van der Waals surface area contributed by atoms with Crippen molar-refractivity contribution in [3.05, 3.63) is 17.5 Å². The zero-order chi connectivity index (χ0) is 14.5. The number of halogens is 1. The first-order chi connectivity index (χ1) is 9.60. The normalized spacial score (nSPS) is 16.9. The molecule has 4 nitrogen and oxygen atoms in total. The number of hydrogen-bond acceptors (Lipinski definition) is 4. The van der Waals surface area contributed by atoms with Gasteiger partial charge in [0, 0.05) is 30.4 Å². The summed E-state index contributed by atoms with van der Waals surface area (Å²) in [5, 5.41) is 0. The Bertz CT molecular complexity index is 431. The largest absolute Gasteiger partial charge is 0.377 e. The van der Waals surface area contributed by atoms with Crippen LogP contribution in [-0.4, -0.2) is 41.6 Å². The molecule has 0 atom stereocenters. The molecule has 0 radical (unpaired) electrons. The van der Waals surface area contributed by atoms with Crippen LogP contribution < -0.4 is 4.90 Å². The summed E-state index contributed by atoms with van der Waals surface area (Å²) in [6.07, 6.45) is 2.37. The molecular formula is C15H24ClN3O. The van der Waals surface area contributed by atoms with E-state index in [4.69, 9.17) is 21.3 Å². The van der Waals surface area contributed by atoms with Gasteiger partial charge in [0.2, 0.25) is 5.95 Å². The van der Waals surface area contributed by atoms with Crippen molar-refractivity contribution in [3.8, 4) is 0 Å². The van der Waals surface area contributed by atoms with Gasteiger partial charge < -0.3 is 9.64 Å². The minimum absolute atomic E-state index is 0.333. The molecule has 5 heteroatoms. The summed E-state index contributed by atoms with van der Waals surface area (Å²) in [7, 11) is 0. The van der Waals surface area contributed by atoms with Crippen molar-refractivity contribution in [1.29, 1.82) is 0 Å². The van der Waals surface area contributed by atoms with E-state index in [1.54, 1.807) is 0 Å². The monoisotopic (exact) mass is 297 g/mol. The number of aromatic nitrogens is 2. The van der Waals surface area contributed by atoms with Gasteiger partial charge in [-0.3, -0.25) is 0 Å². The maximum Gasteiger partial charge on any atom is 0.225 e. The molecule has 0 spiro atoms. The van der Waals surface area contributed by atoms with E-state index >= 15 is 0 Å². The third-order valence-corrected chi connectivity index (χ3v) is 3.76. The van der Waals surface area contributed by atoms with Crippen LogP contribution in [-0.2, 0) is 4.74 Å². The Kier molecular flexibility index (Phi) is 5.61. The number of rotatable bonds is 5. The molecule has 1 fully saturated rings. The number of aryl methyl sites for hydroxylation is 1. The highest BCUT2D eigenvalue weighted by molar-refractivity contribution is 6.17. The predicted molar refractivity (Wildman–Crippen MR) is 82.8 cm³/mol. The van der Waals surface area contributed by atoms with Gasteiger partial charge in [0.1, 0.15) is 0 Å². The number of piperidine rings is 1. The molecule has 0 unspecified atom stereocenters. The fourth-order valence-corrected chi connectivity index (χ4v) is 2.54. The van der Waals surface area contributed by atoms with Gasteiger partial charge >= 0.3 is 0 Å². The van der Waals surface area contributed by atoms with Crippen molar-refractivity contribution >= 4 is 17.5 Å². The van der Waals surface area contributed by atoms with Crippen molar-refractivity contribution in [2.45, 2.75) is 45.6 Å². The van der Waals surface area contributed by atoms with E-state index in [-0.39, 0.29) is 0 Å². The van der Waals surface area contributed by atoms with Gasteiger partial charge in [-0.2, -0.15) is 0 Å². The van der Waals surface area contributed by atoms with Crippen molar-refractivity contribution in [2.24, 2.45) is 0 Å². The Morgan fingerprint density at radius 2 is 2.05 bits per heavy atom. The molecular weight excluding hydrogens is 274 g/mol. The van der Waals surface area contributed by atoms with E-state index in [0.29, 0.717) is 24.5 Å². The van der Waals surface area contributed by atoms with Gasteiger partial charge in [0.15, 0.2) is 0 Å². The molecule has 112 valence electrons. The van der Waals surface area contributed by atoms with E-state index in [2.05, 4.69) is 29.8 Å². The lowest BCUT2D eigenvalue weighted by molar-refractivity contribution is 0.0470. The minimum atomic E-state index is 0.333. The predicted octanol–water partition coefficient (Wildman–Crippen LogP) is 3.13. The molecule has 0 aromatic carbocycles. The fourth-order valence-electron chi connectivity index (χ4n) is 2.45. The van der Waals surface area contributed by atoms with Crippen molar-refractivity contribution in [1.82, 2.24) is 9.97 Å². The highest BCUT2D eigenvalue weighted by Crippen LogP contribution is 2.21. The second-order valence-corrected chi connectivity index (χ2v) is 6.01. The van der Waals surface area contributed by atoms with Crippen LogP contribution in [0, 0.1) is 6.92 Å². The van der Waals surface area contributed by atoms with Gasteiger partial charge in [-0.1, -0.05) is 13.8 Å². The quantitative estimate of drug-likeness (QED) is 0.783. The maximum absolute atomic E-state index is 5.70. The number of alkyl halides is 1. The Labute approximate surface area is 126 Å². The zero-order valence-electron chi connectivity index (χ0n) is 12.6. The van der Waals surface area contributed by atoms with E-state index in [1.165, 1.54) is 0 Å². The molecule has 0 saturated carbocycles. The van der Waals surface area contributed by atoms with Gasteiger partial charge in [0.25, 0.3) is 0 Å². The Balaban J connectivity index is 1.99. The summed E-state index contributed by atoms with van der Waals surface area (Å²) in [5.74, 6) is 1.86. The first-order valence-electron chi connectivity index (χ1n) is 7.38. The lowest BCUT2D eigenvalue weighted by atomic mass is 10.1. The molecule has 1 aromatic heterocycles. The molecule has 2 rings (SSSR count). The van der Waals surface area contributed by atoms with Crippen molar-refractivity contribution in [3.63, 3.8) is 0 Å². The average molecular weight is 298 g/mol. The van der Waals surface area contributed by atoms with Crippen LogP contribution in [0.4, 0.5) is 5.95 Å². The van der Waals surface area contributed by atoms with Crippen LogP contribution in [0.1, 0.15) is 44.0 Å². The summed E-state index contributed by atoms with van der Waals surface area (Å²) in [6, 6.07) is 2.07. The minimum Gasteiger partial charge on any atom is -0.377 e. The molecule has 0 bridgehead atoms.